The maximum atomic E-state index is 13.0. The van der Waals surface area contributed by atoms with Crippen molar-refractivity contribution < 1.29 is 44.0 Å². The Balaban J connectivity index is 1.57. The third-order valence-electron chi connectivity index (χ3n) is 7.59. The molecular formula is C25H46N10O9. The lowest BCUT2D eigenvalue weighted by Crippen LogP contribution is -2.70. The van der Waals surface area contributed by atoms with E-state index >= 15 is 0 Å². The molecule has 4 amide bonds. The monoisotopic (exact) mass is 630 g/mol. The fourth-order valence-corrected chi connectivity index (χ4v) is 5.31. The van der Waals surface area contributed by atoms with E-state index < -0.39 is 79.3 Å². The van der Waals surface area contributed by atoms with Gasteiger partial charge >= 0.3 is 6.09 Å². The van der Waals surface area contributed by atoms with E-state index in [9.17, 15) is 34.5 Å². The number of fused-ring (bicyclic) bond motifs is 1. The maximum absolute atomic E-state index is 13.0. The minimum atomic E-state index is -1.60. The van der Waals surface area contributed by atoms with Gasteiger partial charge in [0.1, 0.15) is 18.2 Å². The number of nitrogens with zero attached hydrogens (tertiary/aromatic N) is 1. The molecule has 0 aromatic rings. The number of carbonyl (C=O) groups is 4. The molecule has 16 N–H and O–H groups in total. The molecule has 2 saturated heterocycles. The van der Waals surface area contributed by atoms with Gasteiger partial charge in [-0.25, -0.2) is 9.79 Å². The van der Waals surface area contributed by atoms with Crippen molar-refractivity contribution in [3.8, 4) is 0 Å². The van der Waals surface area contributed by atoms with E-state index in [1.165, 1.54) is 0 Å². The first-order chi connectivity index (χ1) is 20.9. The van der Waals surface area contributed by atoms with Crippen LogP contribution in [0.5, 0.6) is 0 Å². The second kappa shape index (κ2) is 16.7. The summed E-state index contributed by atoms with van der Waals surface area (Å²) < 4.78 is 10.8. The van der Waals surface area contributed by atoms with Gasteiger partial charge < -0.3 is 74.3 Å². The number of carbonyl (C=O) groups excluding carboxylic acids is 4. The minimum absolute atomic E-state index is 0.0296. The number of ether oxygens (including phenoxy) is 2. The predicted octanol–water partition coefficient (Wildman–Crippen LogP) is -6.14. The number of amides is 4. The Hall–Kier alpha value is -3.33. The number of aliphatic hydroxyl groups excluding tert-OH is 3. The Morgan fingerprint density at radius 3 is 2.43 bits per heavy atom. The molecule has 19 heteroatoms. The maximum Gasteiger partial charge on any atom is 0.404 e. The summed E-state index contributed by atoms with van der Waals surface area (Å²) in [6.07, 6.45) is -5.37. The largest absolute Gasteiger partial charge is 0.441 e. The second-order valence-electron chi connectivity index (χ2n) is 11.2. The number of aliphatic imine (C=N–C) groups is 1. The number of β-amino-alcohol motifs (C(OH)–C–C–N with tert-alkyl or cyclic N) is 1. The average molecular weight is 631 g/mol. The molecule has 3 aliphatic rings. The van der Waals surface area contributed by atoms with Crippen LogP contribution in [0.3, 0.4) is 0 Å². The lowest BCUT2D eigenvalue weighted by atomic mass is 9.95. The molecule has 0 aromatic heterocycles. The van der Waals surface area contributed by atoms with Crippen molar-refractivity contribution in [3.05, 3.63) is 0 Å². The molecule has 44 heavy (non-hydrogen) atoms. The minimum Gasteiger partial charge on any atom is -0.441 e. The molecule has 3 rings (SSSR count). The molecular weight excluding hydrogens is 584 g/mol. The first-order valence-corrected chi connectivity index (χ1v) is 14.7. The van der Waals surface area contributed by atoms with E-state index in [0.29, 0.717) is 32.4 Å². The van der Waals surface area contributed by atoms with Crippen LogP contribution in [0.25, 0.3) is 0 Å². The first-order valence-electron chi connectivity index (χ1n) is 14.7. The van der Waals surface area contributed by atoms with Crippen LogP contribution < -0.4 is 49.5 Å². The van der Waals surface area contributed by atoms with Gasteiger partial charge in [0.15, 0.2) is 24.3 Å². The second-order valence-corrected chi connectivity index (χ2v) is 11.2. The smallest absolute Gasteiger partial charge is 0.404 e. The number of aliphatic hydroxyl groups is 3. The van der Waals surface area contributed by atoms with Gasteiger partial charge in [0.2, 0.25) is 17.7 Å². The van der Waals surface area contributed by atoms with E-state index in [1.54, 1.807) is 0 Å². The molecule has 250 valence electrons. The van der Waals surface area contributed by atoms with Gasteiger partial charge in [0, 0.05) is 38.0 Å². The van der Waals surface area contributed by atoms with Crippen LogP contribution in [-0.4, -0.2) is 132 Å². The number of hydrogen-bond acceptors (Lipinski definition) is 15. The zero-order chi connectivity index (χ0) is 32.4. The summed E-state index contributed by atoms with van der Waals surface area (Å²) in [5.41, 5.74) is 22.6. The predicted molar refractivity (Wildman–Crippen MR) is 154 cm³/mol. The van der Waals surface area contributed by atoms with E-state index in [2.05, 4.69) is 31.6 Å². The third-order valence-corrected chi connectivity index (χ3v) is 7.59. The Morgan fingerprint density at radius 2 is 1.80 bits per heavy atom. The number of piperidine rings is 1. The fourth-order valence-electron chi connectivity index (χ4n) is 5.31. The van der Waals surface area contributed by atoms with Crippen molar-refractivity contribution in [3.63, 3.8) is 0 Å². The lowest BCUT2D eigenvalue weighted by molar-refractivity contribution is -0.198. The van der Waals surface area contributed by atoms with Crippen LogP contribution in [0, 0.1) is 0 Å². The van der Waals surface area contributed by atoms with E-state index in [4.69, 9.17) is 32.4 Å². The molecule has 3 aliphatic heterocycles. The zero-order valence-electron chi connectivity index (χ0n) is 24.4. The van der Waals surface area contributed by atoms with Crippen molar-refractivity contribution >= 4 is 29.8 Å². The van der Waals surface area contributed by atoms with Crippen LogP contribution in [0.15, 0.2) is 4.99 Å². The fraction of sp³-hybridized carbons (Fsp3) is 0.800. The summed E-state index contributed by atoms with van der Waals surface area (Å²) in [5, 5.41) is 44.9. The Labute approximate surface area is 254 Å². The molecule has 19 nitrogen and oxygen atoms in total. The van der Waals surface area contributed by atoms with Crippen LogP contribution in [0.2, 0.25) is 0 Å². The first kappa shape index (κ1) is 35.2. The number of hydrogen-bond donors (Lipinski definition) is 12. The van der Waals surface area contributed by atoms with Crippen LogP contribution >= 0.6 is 0 Å². The molecule has 0 aliphatic carbocycles. The molecule has 3 heterocycles. The van der Waals surface area contributed by atoms with Gasteiger partial charge in [0.25, 0.3) is 0 Å². The van der Waals surface area contributed by atoms with E-state index in [1.807, 2.05) is 0 Å². The zero-order valence-corrected chi connectivity index (χ0v) is 24.4. The van der Waals surface area contributed by atoms with Crippen LogP contribution in [0.1, 0.15) is 38.5 Å². The summed E-state index contributed by atoms with van der Waals surface area (Å²) in [6.45, 7) is 0.203. The Kier molecular flexibility index (Phi) is 13.3. The summed E-state index contributed by atoms with van der Waals surface area (Å²) in [5.74, 6) is -1.12. The molecule has 0 radical (unpaired) electrons. The molecule has 0 saturated carbocycles. The van der Waals surface area contributed by atoms with Crippen LogP contribution in [-0.2, 0) is 23.9 Å². The number of rotatable bonds is 15. The molecule has 0 bridgehead atoms. The molecule has 0 aromatic carbocycles. The molecule has 2 fully saturated rings. The summed E-state index contributed by atoms with van der Waals surface area (Å²) in [6, 6.07) is -3.79. The van der Waals surface area contributed by atoms with Gasteiger partial charge in [0.05, 0.1) is 18.8 Å². The van der Waals surface area contributed by atoms with Crippen LogP contribution in [0.4, 0.5) is 4.79 Å². The number of primary amides is 1. The number of nitrogens with two attached hydrogens (primary N) is 4. The summed E-state index contributed by atoms with van der Waals surface area (Å²) >= 11 is 0. The number of nitrogens with one attached hydrogen (secondary N) is 5. The highest BCUT2D eigenvalue weighted by molar-refractivity contribution is 5.92. The van der Waals surface area contributed by atoms with Crippen molar-refractivity contribution in [1.29, 1.82) is 0 Å². The van der Waals surface area contributed by atoms with E-state index in [0.717, 1.165) is 6.42 Å². The van der Waals surface area contributed by atoms with E-state index in [-0.39, 0.29) is 37.3 Å². The SMILES string of the molecule is NCCC[C@H](N)CC(=O)NCCC[C@H](N)CC(=O)N[C@@H]1[C@H](O)[C@@H](OC(N)=O)[C@@H](CO)O[C@H]1NC1=N[C@H]2C(=O)NC[C@@H](O)[C@H]2N1. The highest BCUT2D eigenvalue weighted by Crippen LogP contribution is 2.24. The van der Waals surface area contributed by atoms with Crippen molar-refractivity contribution in [2.45, 2.75) is 99.4 Å². The van der Waals surface area contributed by atoms with Gasteiger partial charge in [-0.2, -0.15) is 0 Å². The van der Waals surface area contributed by atoms with Crippen molar-refractivity contribution in [2.75, 3.05) is 26.2 Å². The summed E-state index contributed by atoms with van der Waals surface area (Å²) in [7, 11) is 0. The Bertz CT molecular complexity index is 1040. The van der Waals surface area contributed by atoms with Crippen molar-refractivity contribution in [2.24, 2.45) is 27.9 Å². The van der Waals surface area contributed by atoms with Gasteiger partial charge in [-0.3, -0.25) is 14.4 Å². The van der Waals surface area contributed by atoms with Gasteiger partial charge in [-0.05, 0) is 32.2 Å². The lowest BCUT2D eigenvalue weighted by Gasteiger charge is -2.44. The quantitative estimate of drug-likeness (QED) is 0.0749. The number of guanidine groups is 1. The molecule has 0 unspecified atom stereocenters. The molecule has 0 spiro atoms. The highest BCUT2D eigenvalue weighted by atomic mass is 16.6. The summed E-state index contributed by atoms with van der Waals surface area (Å²) in [4.78, 5) is 52.9. The third kappa shape index (κ3) is 9.84. The van der Waals surface area contributed by atoms with Gasteiger partial charge in [-0.15, -0.1) is 0 Å². The Morgan fingerprint density at radius 1 is 1.11 bits per heavy atom. The highest BCUT2D eigenvalue weighted by Gasteiger charge is 2.49. The van der Waals surface area contributed by atoms with Crippen molar-refractivity contribution in [1.82, 2.24) is 26.6 Å². The standard InChI is InChI=1S/C25H46N10O9/c26-5-1-3-11(27)7-15(38)30-6-2-4-12(28)8-16(39)32-19-20(40)21(44-24(29)42)14(10-36)43-23(19)35-25-33-17-13(37)9-31-22(41)18(17)34-25/h11-14,17-21,23,36-37,40H,1-10,26-28H2,(H2,29,42)(H,30,38)(H,31,41)(H,32,39)(H2,33,34,35)/t11-,12-,13+,14+,17+,18+,19+,20-,21-,23+/m0/s1. The normalized spacial score (nSPS) is 31.0. The topological polar surface area (TPSA) is 324 Å². The van der Waals surface area contributed by atoms with Gasteiger partial charge in [-0.1, -0.05) is 0 Å². The molecule has 10 atom stereocenters. The average Bonchev–Trinajstić information content (AvgIpc) is 3.40.